The van der Waals surface area contributed by atoms with E-state index in [1.165, 1.54) is 10.1 Å². The molecule has 7 heteroatoms. The third-order valence-corrected chi connectivity index (χ3v) is 5.14. The Kier molecular flexibility index (Phi) is 5.99. The molecule has 0 aliphatic carbocycles. The van der Waals surface area contributed by atoms with E-state index in [1.54, 1.807) is 29.3 Å². The lowest BCUT2D eigenvalue weighted by Crippen LogP contribution is -2.37. The van der Waals surface area contributed by atoms with Crippen LogP contribution in [0.25, 0.3) is 10.1 Å². The van der Waals surface area contributed by atoms with Gasteiger partial charge in [0.2, 0.25) is 5.91 Å². The fourth-order valence-corrected chi connectivity index (χ4v) is 3.69. The van der Waals surface area contributed by atoms with Crippen molar-refractivity contribution in [1.82, 2.24) is 20.4 Å². The number of hydrogen-bond acceptors (Lipinski definition) is 4. The van der Waals surface area contributed by atoms with E-state index in [0.29, 0.717) is 0 Å². The number of likely N-dealkylation sites (N-methyl/N-ethyl adjacent to an activating group) is 1. The second-order valence-corrected chi connectivity index (χ2v) is 6.70. The minimum absolute atomic E-state index is 0. The average molecular weight is 365 g/mol. The first-order valence-corrected chi connectivity index (χ1v) is 8.35. The van der Waals surface area contributed by atoms with Crippen molar-refractivity contribution in [2.75, 3.05) is 7.05 Å². The number of aryl methyl sites for hydroxylation is 1. The first-order chi connectivity index (χ1) is 11.1. The van der Waals surface area contributed by atoms with Crippen LogP contribution in [0, 0.1) is 0 Å². The van der Waals surface area contributed by atoms with Crippen molar-refractivity contribution in [3.8, 4) is 0 Å². The van der Waals surface area contributed by atoms with E-state index in [-0.39, 0.29) is 24.4 Å². The standard InChI is InChI=1S/C17H20N4OS.ClH/c1-11(15-8-12-6-4-5-7-14(12)23-15)20-17(22)16(18-2)13-9-19-21(3)10-13;/h4-11,16,18H,1-3H3,(H,20,22);1H. The Bertz CT molecular complexity index is 796. The minimum atomic E-state index is -0.402. The predicted octanol–water partition coefficient (Wildman–Crippen LogP) is 3.19. The molecule has 0 saturated carbocycles. The second-order valence-electron chi connectivity index (χ2n) is 5.59. The van der Waals surface area contributed by atoms with E-state index in [9.17, 15) is 4.79 Å². The maximum atomic E-state index is 12.6. The zero-order chi connectivity index (χ0) is 16.4. The van der Waals surface area contributed by atoms with Gasteiger partial charge in [-0.3, -0.25) is 9.48 Å². The van der Waals surface area contributed by atoms with Crippen molar-refractivity contribution in [1.29, 1.82) is 0 Å². The van der Waals surface area contributed by atoms with Gasteiger partial charge in [-0.25, -0.2) is 0 Å². The quantitative estimate of drug-likeness (QED) is 0.731. The van der Waals surface area contributed by atoms with Crippen LogP contribution < -0.4 is 10.6 Å². The zero-order valence-corrected chi connectivity index (χ0v) is 15.4. The Balaban J connectivity index is 0.00000208. The summed E-state index contributed by atoms with van der Waals surface area (Å²) < 4.78 is 2.93. The molecular formula is C17H21ClN4OS. The van der Waals surface area contributed by atoms with Crippen LogP contribution in [-0.4, -0.2) is 22.7 Å². The number of nitrogens with zero attached hydrogens (tertiary/aromatic N) is 2. The van der Waals surface area contributed by atoms with Crippen LogP contribution in [0.2, 0.25) is 0 Å². The van der Waals surface area contributed by atoms with Crippen LogP contribution in [0.15, 0.2) is 42.7 Å². The number of amides is 1. The van der Waals surface area contributed by atoms with Crippen LogP contribution in [-0.2, 0) is 11.8 Å². The summed E-state index contributed by atoms with van der Waals surface area (Å²) in [7, 11) is 3.62. The molecule has 1 amide bonds. The SMILES string of the molecule is CNC(C(=O)NC(C)c1cc2ccccc2s1)c1cnn(C)c1.Cl. The highest BCUT2D eigenvalue weighted by atomic mass is 35.5. The van der Waals surface area contributed by atoms with Crippen molar-refractivity contribution >= 4 is 39.7 Å². The number of thiophene rings is 1. The molecule has 2 heterocycles. The maximum absolute atomic E-state index is 12.6. The number of rotatable bonds is 5. The van der Waals surface area contributed by atoms with Crippen LogP contribution in [0.4, 0.5) is 0 Å². The molecule has 0 bridgehead atoms. The molecule has 2 atom stereocenters. The fourth-order valence-electron chi connectivity index (χ4n) is 2.62. The molecule has 0 spiro atoms. The van der Waals surface area contributed by atoms with Crippen LogP contribution in [0.3, 0.4) is 0 Å². The van der Waals surface area contributed by atoms with E-state index in [1.807, 2.05) is 32.3 Å². The van der Waals surface area contributed by atoms with Gasteiger partial charge in [0.05, 0.1) is 12.2 Å². The average Bonchev–Trinajstić information content (AvgIpc) is 3.14. The molecule has 1 aromatic carbocycles. The number of carbonyl (C=O) groups is 1. The van der Waals surface area contributed by atoms with Crippen LogP contribution in [0.1, 0.15) is 29.4 Å². The van der Waals surface area contributed by atoms with Gasteiger partial charge in [0, 0.05) is 28.4 Å². The normalized spacial score (nSPS) is 13.3. The molecule has 2 aromatic heterocycles. The van der Waals surface area contributed by atoms with Gasteiger partial charge in [0.1, 0.15) is 6.04 Å². The molecule has 2 N–H and O–H groups in total. The summed E-state index contributed by atoms with van der Waals surface area (Å²) in [6.45, 7) is 2.01. The number of carbonyl (C=O) groups excluding carboxylic acids is 1. The topological polar surface area (TPSA) is 59.0 Å². The highest BCUT2D eigenvalue weighted by molar-refractivity contribution is 7.19. The summed E-state index contributed by atoms with van der Waals surface area (Å²) in [5.41, 5.74) is 0.857. The summed E-state index contributed by atoms with van der Waals surface area (Å²) in [5, 5.41) is 11.5. The van der Waals surface area contributed by atoms with Gasteiger partial charge >= 0.3 is 0 Å². The maximum Gasteiger partial charge on any atom is 0.242 e. The Morgan fingerprint density at radius 2 is 2.08 bits per heavy atom. The number of benzene rings is 1. The molecule has 2 unspecified atom stereocenters. The number of nitrogens with one attached hydrogen (secondary N) is 2. The molecule has 0 saturated heterocycles. The Labute approximate surface area is 151 Å². The third kappa shape index (κ3) is 3.77. The second kappa shape index (κ2) is 7.79. The van der Waals surface area contributed by atoms with E-state index in [2.05, 4.69) is 33.9 Å². The number of fused-ring (bicyclic) bond motifs is 1. The van der Waals surface area contributed by atoms with Gasteiger partial charge in [0.15, 0.2) is 0 Å². The molecule has 3 rings (SSSR count). The first kappa shape index (κ1) is 18.4. The van der Waals surface area contributed by atoms with Crippen molar-refractivity contribution < 1.29 is 4.79 Å². The highest BCUT2D eigenvalue weighted by Gasteiger charge is 2.22. The third-order valence-electron chi connectivity index (χ3n) is 3.84. The van der Waals surface area contributed by atoms with E-state index >= 15 is 0 Å². The Hall–Kier alpha value is -1.89. The van der Waals surface area contributed by atoms with Crippen molar-refractivity contribution in [2.24, 2.45) is 7.05 Å². The van der Waals surface area contributed by atoms with Gasteiger partial charge in [0.25, 0.3) is 0 Å². The lowest BCUT2D eigenvalue weighted by Gasteiger charge is -2.18. The van der Waals surface area contributed by atoms with Gasteiger partial charge in [-0.1, -0.05) is 18.2 Å². The number of aromatic nitrogens is 2. The van der Waals surface area contributed by atoms with Gasteiger partial charge in [-0.2, -0.15) is 5.10 Å². The smallest absolute Gasteiger partial charge is 0.242 e. The minimum Gasteiger partial charge on any atom is -0.347 e. The molecule has 24 heavy (non-hydrogen) atoms. The molecule has 0 radical (unpaired) electrons. The Morgan fingerprint density at radius 3 is 2.71 bits per heavy atom. The van der Waals surface area contributed by atoms with Gasteiger partial charge in [-0.05, 0) is 31.5 Å². The van der Waals surface area contributed by atoms with Crippen LogP contribution in [0.5, 0.6) is 0 Å². The monoisotopic (exact) mass is 364 g/mol. The highest BCUT2D eigenvalue weighted by Crippen LogP contribution is 2.29. The molecule has 0 fully saturated rings. The molecular weight excluding hydrogens is 344 g/mol. The number of hydrogen-bond donors (Lipinski definition) is 2. The lowest BCUT2D eigenvalue weighted by molar-refractivity contribution is -0.123. The van der Waals surface area contributed by atoms with E-state index in [4.69, 9.17) is 0 Å². The summed E-state index contributed by atoms with van der Waals surface area (Å²) in [6.07, 6.45) is 3.57. The zero-order valence-electron chi connectivity index (χ0n) is 13.8. The van der Waals surface area contributed by atoms with Gasteiger partial charge < -0.3 is 10.6 Å². The van der Waals surface area contributed by atoms with Crippen molar-refractivity contribution in [3.05, 3.63) is 53.2 Å². The lowest BCUT2D eigenvalue weighted by atomic mass is 10.1. The molecule has 3 aromatic rings. The summed E-state index contributed by atoms with van der Waals surface area (Å²) in [5.74, 6) is -0.0505. The van der Waals surface area contributed by atoms with Crippen molar-refractivity contribution in [2.45, 2.75) is 19.0 Å². The summed E-state index contributed by atoms with van der Waals surface area (Å²) in [6, 6.07) is 9.96. The molecule has 128 valence electrons. The van der Waals surface area contributed by atoms with Crippen molar-refractivity contribution in [3.63, 3.8) is 0 Å². The molecule has 5 nitrogen and oxygen atoms in total. The molecule has 0 aliphatic heterocycles. The van der Waals surface area contributed by atoms with E-state index < -0.39 is 6.04 Å². The number of halogens is 1. The van der Waals surface area contributed by atoms with Gasteiger partial charge in [-0.15, -0.1) is 23.7 Å². The summed E-state index contributed by atoms with van der Waals surface area (Å²) >= 11 is 1.72. The summed E-state index contributed by atoms with van der Waals surface area (Å²) in [4.78, 5) is 13.7. The Morgan fingerprint density at radius 1 is 1.33 bits per heavy atom. The largest absolute Gasteiger partial charge is 0.347 e. The predicted molar refractivity (Wildman–Crippen MR) is 101 cm³/mol. The first-order valence-electron chi connectivity index (χ1n) is 7.53. The fraction of sp³-hybridized carbons (Fsp3) is 0.294. The molecule has 0 aliphatic rings. The van der Waals surface area contributed by atoms with E-state index in [0.717, 1.165) is 10.4 Å². The van der Waals surface area contributed by atoms with Crippen LogP contribution >= 0.6 is 23.7 Å².